The standard InChI is InChI=1S/C28H30FN3O4/c1-7-30-26(33)22-12-18-19(14-32(6)27(34)24(18)31-22)17-11-20(28(4,5)35)21(29)13-23(17)36-25-15(2)9-8-10-16(25)3/h8-14,31,35H,7H2,1-6H3,(H,30,33). The average Bonchev–Trinajstić information content (AvgIpc) is 3.24. The summed E-state index contributed by atoms with van der Waals surface area (Å²) in [4.78, 5) is 28.4. The van der Waals surface area contributed by atoms with Crippen LogP contribution in [0.15, 0.2) is 47.4 Å². The summed E-state index contributed by atoms with van der Waals surface area (Å²) in [6, 6.07) is 10.1. The lowest BCUT2D eigenvalue weighted by atomic mass is 9.92. The molecule has 3 N–H and O–H groups in total. The van der Waals surface area contributed by atoms with Gasteiger partial charge in [-0.1, -0.05) is 18.2 Å². The Bertz CT molecular complexity index is 1520. The van der Waals surface area contributed by atoms with Crippen molar-refractivity contribution < 1.29 is 19.0 Å². The molecule has 0 aliphatic heterocycles. The topological polar surface area (TPSA) is 96.3 Å². The molecule has 0 unspecified atom stereocenters. The van der Waals surface area contributed by atoms with Gasteiger partial charge in [0.1, 0.15) is 28.5 Å². The third-order valence-corrected chi connectivity index (χ3v) is 6.19. The van der Waals surface area contributed by atoms with Gasteiger partial charge in [0.15, 0.2) is 0 Å². The predicted octanol–water partition coefficient (Wildman–Crippen LogP) is 5.06. The molecule has 0 saturated carbocycles. The van der Waals surface area contributed by atoms with E-state index < -0.39 is 11.4 Å². The first-order valence-corrected chi connectivity index (χ1v) is 11.7. The van der Waals surface area contributed by atoms with Crippen molar-refractivity contribution in [2.45, 2.75) is 40.2 Å². The molecule has 4 aromatic rings. The number of hydrogen-bond acceptors (Lipinski definition) is 4. The molecule has 2 heterocycles. The number of H-pyrrole nitrogens is 1. The largest absolute Gasteiger partial charge is 0.456 e. The van der Waals surface area contributed by atoms with Crippen molar-refractivity contribution in [2.24, 2.45) is 7.05 Å². The molecule has 0 spiro atoms. The molecule has 7 nitrogen and oxygen atoms in total. The Hall–Kier alpha value is -3.91. The number of aliphatic hydroxyl groups is 1. The van der Waals surface area contributed by atoms with Crippen LogP contribution >= 0.6 is 0 Å². The summed E-state index contributed by atoms with van der Waals surface area (Å²) in [6.45, 7) is 9.04. The number of carbonyl (C=O) groups excluding carboxylic acids is 1. The Morgan fingerprint density at radius 3 is 2.44 bits per heavy atom. The molecule has 2 aromatic carbocycles. The monoisotopic (exact) mass is 491 g/mol. The van der Waals surface area contributed by atoms with Crippen LogP contribution in [0.1, 0.15) is 48.0 Å². The molecule has 0 aliphatic rings. The van der Waals surface area contributed by atoms with Crippen LogP contribution in [-0.2, 0) is 12.6 Å². The lowest BCUT2D eigenvalue weighted by Crippen LogP contribution is -2.23. The summed E-state index contributed by atoms with van der Waals surface area (Å²) < 4.78 is 22.9. The Morgan fingerprint density at radius 2 is 1.83 bits per heavy atom. The molecular weight excluding hydrogens is 461 g/mol. The van der Waals surface area contributed by atoms with Crippen molar-refractivity contribution in [2.75, 3.05) is 6.54 Å². The zero-order chi connectivity index (χ0) is 26.4. The third kappa shape index (κ3) is 4.52. The van der Waals surface area contributed by atoms with Gasteiger partial charge in [-0.05, 0) is 57.9 Å². The fourth-order valence-corrected chi connectivity index (χ4v) is 4.32. The lowest BCUT2D eigenvalue weighted by molar-refractivity contribution is 0.0745. The maximum atomic E-state index is 15.2. The first kappa shape index (κ1) is 25.2. The van der Waals surface area contributed by atoms with Crippen LogP contribution in [0.2, 0.25) is 0 Å². The number of ether oxygens (including phenoxy) is 1. The van der Waals surface area contributed by atoms with Gasteiger partial charge in [-0.3, -0.25) is 9.59 Å². The van der Waals surface area contributed by atoms with Crippen molar-refractivity contribution in [3.63, 3.8) is 0 Å². The van der Waals surface area contributed by atoms with Crippen molar-refractivity contribution in [3.05, 3.63) is 81.2 Å². The number of rotatable bonds is 6. The third-order valence-electron chi connectivity index (χ3n) is 6.19. The summed E-state index contributed by atoms with van der Waals surface area (Å²) in [6.07, 6.45) is 1.62. The summed E-state index contributed by atoms with van der Waals surface area (Å²) in [5, 5.41) is 13.9. The van der Waals surface area contributed by atoms with Gasteiger partial charge in [0.25, 0.3) is 11.5 Å². The smallest absolute Gasteiger partial charge is 0.274 e. The number of para-hydroxylation sites is 1. The number of hydrogen-bond donors (Lipinski definition) is 3. The number of pyridine rings is 1. The zero-order valence-corrected chi connectivity index (χ0v) is 21.2. The fraction of sp³-hybridized carbons (Fsp3) is 0.286. The number of aromatic amines is 1. The molecule has 1 amide bonds. The summed E-state index contributed by atoms with van der Waals surface area (Å²) in [7, 11) is 1.60. The van der Waals surface area contributed by atoms with Crippen molar-refractivity contribution >= 4 is 16.8 Å². The quantitative estimate of drug-likeness (QED) is 0.351. The highest BCUT2D eigenvalue weighted by molar-refractivity contribution is 6.03. The highest BCUT2D eigenvalue weighted by Gasteiger charge is 2.26. The molecule has 188 valence electrons. The Balaban J connectivity index is 2.04. The van der Waals surface area contributed by atoms with Crippen LogP contribution in [-0.4, -0.2) is 27.1 Å². The minimum absolute atomic E-state index is 0.0767. The normalized spacial score (nSPS) is 11.7. The number of benzene rings is 2. The molecule has 2 aromatic heterocycles. The van der Waals surface area contributed by atoms with Crippen LogP contribution < -0.4 is 15.6 Å². The van der Waals surface area contributed by atoms with E-state index in [9.17, 15) is 14.7 Å². The Kier molecular flexibility index (Phi) is 6.49. The molecular formula is C28H30FN3O4. The Morgan fingerprint density at radius 1 is 1.17 bits per heavy atom. The number of aromatic nitrogens is 2. The van der Waals surface area contributed by atoms with Gasteiger partial charge in [-0.15, -0.1) is 0 Å². The van der Waals surface area contributed by atoms with E-state index in [4.69, 9.17) is 4.74 Å². The number of carbonyl (C=O) groups is 1. The van der Waals surface area contributed by atoms with E-state index in [2.05, 4.69) is 10.3 Å². The molecule has 0 atom stereocenters. The van der Waals surface area contributed by atoms with Gasteiger partial charge in [0.2, 0.25) is 0 Å². The van der Waals surface area contributed by atoms with Crippen LogP contribution in [0, 0.1) is 19.7 Å². The average molecular weight is 492 g/mol. The second kappa shape index (κ2) is 9.28. The molecule has 0 bridgehead atoms. The molecule has 8 heteroatoms. The van der Waals surface area contributed by atoms with Crippen LogP contribution in [0.5, 0.6) is 11.5 Å². The minimum atomic E-state index is -1.47. The van der Waals surface area contributed by atoms with E-state index in [1.54, 1.807) is 26.2 Å². The number of halogens is 1. The number of aryl methyl sites for hydroxylation is 3. The summed E-state index contributed by atoms with van der Waals surface area (Å²) in [5.74, 6) is -0.151. The molecule has 0 saturated heterocycles. The van der Waals surface area contributed by atoms with E-state index in [0.717, 1.165) is 11.1 Å². The van der Waals surface area contributed by atoms with E-state index >= 15 is 4.39 Å². The van der Waals surface area contributed by atoms with Crippen molar-refractivity contribution in [3.8, 4) is 22.6 Å². The number of nitrogens with zero attached hydrogens (tertiary/aromatic N) is 1. The minimum Gasteiger partial charge on any atom is -0.456 e. The van der Waals surface area contributed by atoms with Crippen LogP contribution in [0.4, 0.5) is 4.39 Å². The van der Waals surface area contributed by atoms with E-state index in [1.807, 2.05) is 32.0 Å². The van der Waals surface area contributed by atoms with E-state index in [1.165, 1.54) is 30.5 Å². The lowest BCUT2D eigenvalue weighted by Gasteiger charge is -2.22. The van der Waals surface area contributed by atoms with Crippen LogP contribution in [0.3, 0.4) is 0 Å². The molecule has 4 rings (SSSR count). The second-order valence-electron chi connectivity index (χ2n) is 9.50. The van der Waals surface area contributed by atoms with Crippen molar-refractivity contribution in [1.82, 2.24) is 14.9 Å². The molecule has 0 radical (unpaired) electrons. The first-order valence-electron chi connectivity index (χ1n) is 11.7. The highest BCUT2D eigenvalue weighted by Crippen LogP contribution is 2.41. The van der Waals surface area contributed by atoms with Gasteiger partial charge in [-0.25, -0.2) is 4.39 Å². The van der Waals surface area contributed by atoms with Gasteiger partial charge in [0, 0.05) is 47.9 Å². The first-order chi connectivity index (χ1) is 16.9. The van der Waals surface area contributed by atoms with E-state index in [0.29, 0.717) is 28.8 Å². The molecule has 0 aliphatic carbocycles. The van der Waals surface area contributed by atoms with E-state index in [-0.39, 0.29) is 34.0 Å². The number of amides is 1. The fourth-order valence-electron chi connectivity index (χ4n) is 4.32. The number of nitrogens with one attached hydrogen (secondary N) is 2. The number of fused-ring (bicyclic) bond motifs is 1. The maximum absolute atomic E-state index is 15.2. The van der Waals surface area contributed by atoms with Gasteiger partial charge in [0.05, 0.1) is 5.60 Å². The molecule has 0 fully saturated rings. The van der Waals surface area contributed by atoms with Gasteiger partial charge in [-0.2, -0.15) is 0 Å². The second-order valence-corrected chi connectivity index (χ2v) is 9.50. The SMILES string of the molecule is CCNC(=O)c1cc2c(-c3cc(C(C)(C)O)c(F)cc3Oc3c(C)cccc3C)cn(C)c(=O)c2[nH]1. The highest BCUT2D eigenvalue weighted by atomic mass is 19.1. The summed E-state index contributed by atoms with van der Waals surface area (Å²) in [5.41, 5.74) is 1.53. The zero-order valence-electron chi connectivity index (χ0n) is 21.2. The molecule has 36 heavy (non-hydrogen) atoms. The van der Waals surface area contributed by atoms with Gasteiger partial charge >= 0.3 is 0 Å². The van der Waals surface area contributed by atoms with Crippen molar-refractivity contribution in [1.29, 1.82) is 0 Å². The van der Waals surface area contributed by atoms with Gasteiger partial charge < -0.3 is 24.7 Å². The maximum Gasteiger partial charge on any atom is 0.274 e. The van der Waals surface area contributed by atoms with Crippen LogP contribution in [0.25, 0.3) is 22.0 Å². The Labute approximate surface area is 208 Å². The predicted molar refractivity (Wildman–Crippen MR) is 138 cm³/mol. The summed E-state index contributed by atoms with van der Waals surface area (Å²) >= 11 is 0.